The number of rotatable bonds is 1. The molecule has 7 heteroatoms. The van der Waals surface area contributed by atoms with Crippen LogP contribution < -0.4 is 0 Å². The van der Waals surface area contributed by atoms with Crippen LogP contribution in [0.1, 0.15) is 38.5 Å². The molecule has 0 aromatic rings. The van der Waals surface area contributed by atoms with Gasteiger partial charge in [-0.3, -0.25) is 9.59 Å². The largest absolute Gasteiger partial charge is 0.471 e. The molecule has 21 heavy (non-hydrogen) atoms. The molecule has 2 aliphatic rings. The monoisotopic (exact) mass is 306 g/mol. The zero-order valence-corrected chi connectivity index (χ0v) is 12.0. The van der Waals surface area contributed by atoms with Crippen LogP contribution in [0.3, 0.4) is 0 Å². The minimum absolute atomic E-state index is 0.0172. The minimum Gasteiger partial charge on any atom is -0.341 e. The van der Waals surface area contributed by atoms with Gasteiger partial charge in [-0.05, 0) is 19.3 Å². The average Bonchev–Trinajstić information content (AvgIpc) is 2.71. The molecule has 0 spiro atoms. The fourth-order valence-corrected chi connectivity index (χ4v) is 3.13. The van der Waals surface area contributed by atoms with Crippen LogP contribution in [0.15, 0.2) is 0 Å². The van der Waals surface area contributed by atoms with Gasteiger partial charge in [-0.1, -0.05) is 19.3 Å². The SMILES string of the molecule is O=C(C1CCCCC1)N1CCCN(C(=O)C(F)(F)F)CC1. The quantitative estimate of drug-likeness (QED) is 0.745. The van der Waals surface area contributed by atoms with E-state index in [-0.39, 0.29) is 31.5 Å². The third-order valence-corrected chi connectivity index (χ3v) is 4.29. The highest BCUT2D eigenvalue weighted by atomic mass is 19.4. The molecule has 4 nitrogen and oxygen atoms in total. The molecule has 1 saturated heterocycles. The van der Waals surface area contributed by atoms with Crippen molar-refractivity contribution in [3.8, 4) is 0 Å². The number of carbonyl (C=O) groups excluding carboxylic acids is 2. The number of alkyl halides is 3. The molecule has 0 bridgehead atoms. The average molecular weight is 306 g/mol. The van der Waals surface area contributed by atoms with Crippen LogP contribution >= 0.6 is 0 Å². The van der Waals surface area contributed by atoms with E-state index in [0.29, 0.717) is 13.0 Å². The molecule has 2 rings (SSSR count). The van der Waals surface area contributed by atoms with Crippen LogP contribution in [0.25, 0.3) is 0 Å². The number of hydrogen-bond acceptors (Lipinski definition) is 2. The summed E-state index contributed by atoms with van der Waals surface area (Å²) in [6.07, 6.45) is 0.563. The van der Waals surface area contributed by atoms with Crippen molar-refractivity contribution in [2.75, 3.05) is 26.2 Å². The first-order valence-corrected chi connectivity index (χ1v) is 7.54. The third-order valence-electron chi connectivity index (χ3n) is 4.29. The molecule has 1 heterocycles. The van der Waals surface area contributed by atoms with Crippen molar-refractivity contribution in [2.24, 2.45) is 5.92 Å². The van der Waals surface area contributed by atoms with Gasteiger partial charge in [0.15, 0.2) is 0 Å². The van der Waals surface area contributed by atoms with Gasteiger partial charge >= 0.3 is 12.1 Å². The lowest BCUT2D eigenvalue weighted by atomic mass is 9.88. The predicted molar refractivity (Wildman–Crippen MR) is 70.4 cm³/mol. The first-order valence-electron chi connectivity index (χ1n) is 7.54. The predicted octanol–water partition coefficient (Wildman–Crippen LogP) is 2.19. The van der Waals surface area contributed by atoms with E-state index < -0.39 is 12.1 Å². The van der Waals surface area contributed by atoms with Gasteiger partial charge in [-0.25, -0.2) is 0 Å². The number of amides is 2. The molecule has 1 saturated carbocycles. The van der Waals surface area contributed by atoms with Gasteiger partial charge in [0.1, 0.15) is 0 Å². The van der Waals surface area contributed by atoms with Crippen LogP contribution in [-0.2, 0) is 9.59 Å². The molecular weight excluding hydrogens is 285 g/mol. The summed E-state index contributed by atoms with van der Waals surface area (Å²) in [4.78, 5) is 26.1. The smallest absolute Gasteiger partial charge is 0.341 e. The fourth-order valence-electron chi connectivity index (χ4n) is 3.13. The van der Waals surface area contributed by atoms with Crippen LogP contribution in [0.2, 0.25) is 0 Å². The van der Waals surface area contributed by atoms with Crippen molar-refractivity contribution in [1.82, 2.24) is 9.80 Å². The van der Waals surface area contributed by atoms with Gasteiger partial charge in [0.05, 0.1) is 0 Å². The Labute approximate surface area is 122 Å². The van der Waals surface area contributed by atoms with E-state index in [1.807, 2.05) is 0 Å². The molecular formula is C14H21F3N2O2. The zero-order chi connectivity index (χ0) is 15.5. The molecule has 0 unspecified atom stereocenters. The van der Waals surface area contributed by atoms with E-state index in [1.165, 1.54) is 0 Å². The Kier molecular flexibility index (Phi) is 5.11. The first kappa shape index (κ1) is 16.1. The maximum Gasteiger partial charge on any atom is 0.471 e. The van der Waals surface area contributed by atoms with Crippen molar-refractivity contribution in [3.05, 3.63) is 0 Å². The molecule has 1 aliphatic heterocycles. The summed E-state index contributed by atoms with van der Waals surface area (Å²) in [5.74, 6) is -1.73. The highest BCUT2D eigenvalue weighted by Crippen LogP contribution is 2.26. The molecule has 0 radical (unpaired) electrons. The standard InChI is InChI=1S/C14H21F3N2O2/c15-14(16,17)13(21)19-8-4-7-18(9-10-19)12(20)11-5-2-1-3-6-11/h11H,1-10H2. The van der Waals surface area contributed by atoms with E-state index in [0.717, 1.165) is 37.0 Å². The minimum atomic E-state index is -4.83. The highest BCUT2D eigenvalue weighted by molar-refractivity contribution is 5.82. The Morgan fingerprint density at radius 3 is 2.00 bits per heavy atom. The highest BCUT2D eigenvalue weighted by Gasteiger charge is 2.43. The van der Waals surface area contributed by atoms with E-state index in [4.69, 9.17) is 0 Å². The van der Waals surface area contributed by atoms with Gasteiger partial charge < -0.3 is 9.80 Å². The summed E-state index contributed by atoms with van der Waals surface area (Å²) in [6.45, 7) is 0.678. The normalized spacial score (nSPS) is 22.0. The number of carbonyl (C=O) groups is 2. The number of hydrogen-bond donors (Lipinski definition) is 0. The second-order valence-electron chi connectivity index (χ2n) is 5.80. The Hall–Kier alpha value is -1.27. The molecule has 0 atom stereocenters. The molecule has 2 amide bonds. The maximum atomic E-state index is 12.4. The Balaban J connectivity index is 1.91. The summed E-state index contributed by atoms with van der Waals surface area (Å²) in [6, 6.07) is 0. The Morgan fingerprint density at radius 2 is 1.38 bits per heavy atom. The van der Waals surface area contributed by atoms with E-state index in [1.54, 1.807) is 4.90 Å². The molecule has 1 aliphatic carbocycles. The van der Waals surface area contributed by atoms with Crippen LogP contribution in [0.5, 0.6) is 0 Å². The molecule has 0 aromatic carbocycles. The lowest BCUT2D eigenvalue weighted by molar-refractivity contribution is -0.185. The fraction of sp³-hybridized carbons (Fsp3) is 0.857. The summed E-state index contributed by atoms with van der Waals surface area (Å²) in [5.41, 5.74) is 0. The molecule has 2 fully saturated rings. The van der Waals surface area contributed by atoms with Crippen LogP contribution in [0.4, 0.5) is 13.2 Å². The van der Waals surface area contributed by atoms with Crippen molar-refractivity contribution in [2.45, 2.75) is 44.7 Å². The van der Waals surface area contributed by atoms with E-state index in [9.17, 15) is 22.8 Å². The number of nitrogens with zero attached hydrogens (tertiary/aromatic N) is 2. The first-order chi connectivity index (χ1) is 9.89. The van der Waals surface area contributed by atoms with Crippen molar-refractivity contribution in [1.29, 1.82) is 0 Å². The third kappa shape index (κ3) is 4.11. The van der Waals surface area contributed by atoms with Gasteiger partial charge in [-0.2, -0.15) is 13.2 Å². The van der Waals surface area contributed by atoms with Gasteiger partial charge in [-0.15, -0.1) is 0 Å². The maximum absolute atomic E-state index is 12.4. The summed E-state index contributed by atoms with van der Waals surface area (Å²) in [5, 5.41) is 0. The van der Waals surface area contributed by atoms with Crippen LogP contribution in [-0.4, -0.2) is 54.0 Å². The Bertz CT molecular complexity index is 392. The van der Waals surface area contributed by atoms with Crippen LogP contribution in [0, 0.1) is 5.92 Å². The Morgan fingerprint density at radius 1 is 0.810 bits per heavy atom. The summed E-state index contributed by atoms with van der Waals surface area (Å²) < 4.78 is 37.3. The summed E-state index contributed by atoms with van der Waals surface area (Å²) >= 11 is 0. The van der Waals surface area contributed by atoms with Crippen molar-refractivity contribution in [3.63, 3.8) is 0 Å². The summed E-state index contributed by atoms with van der Waals surface area (Å²) in [7, 11) is 0. The second-order valence-corrected chi connectivity index (χ2v) is 5.80. The van der Waals surface area contributed by atoms with Crippen molar-refractivity contribution >= 4 is 11.8 Å². The molecule has 0 N–H and O–H groups in total. The second kappa shape index (κ2) is 6.66. The molecule has 120 valence electrons. The van der Waals surface area contributed by atoms with E-state index >= 15 is 0 Å². The zero-order valence-electron chi connectivity index (χ0n) is 12.0. The lowest BCUT2D eigenvalue weighted by Gasteiger charge is -2.28. The van der Waals surface area contributed by atoms with Gasteiger partial charge in [0.25, 0.3) is 0 Å². The van der Waals surface area contributed by atoms with E-state index in [2.05, 4.69) is 0 Å². The topological polar surface area (TPSA) is 40.6 Å². The van der Waals surface area contributed by atoms with Gasteiger partial charge in [0, 0.05) is 32.1 Å². The number of halogens is 3. The van der Waals surface area contributed by atoms with Crippen molar-refractivity contribution < 1.29 is 22.8 Å². The van der Waals surface area contributed by atoms with Gasteiger partial charge in [0.2, 0.25) is 5.91 Å². The molecule has 0 aromatic heterocycles. The lowest BCUT2D eigenvalue weighted by Crippen LogP contribution is -2.44.